The first kappa shape index (κ1) is 9.47. The predicted octanol–water partition coefficient (Wildman–Crippen LogP) is 1.80. The van der Waals surface area contributed by atoms with Crippen molar-refractivity contribution < 1.29 is 4.74 Å². The lowest BCUT2D eigenvalue weighted by Gasteiger charge is -2.36. The van der Waals surface area contributed by atoms with Gasteiger partial charge in [-0.1, -0.05) is 0 Å². The van der Waals surface area contributed by atoms with Crippen LogP contribution in [0.2, 0.25) is 0 Å². The highest BCUT2D eigenvalue weighted by Gasteiger charge is 2.56. The molecule has 2 rings (SSSR count). The van der Waals surface area contributed by atoms with Gasteiger partial charge < -0.3 is 10.1 Å². The van der Waals surface area contributed by atoms with E-state index < -0.39 is 0 Å². The SMILES string of the molecule is CNCC1CC12CCOC(C)(C)C2. The minimum absolute atomic E-state index is 0.126. The summed E-state index contributed by atoms with van der Waals surface area (Å²) >= 11 is 0. The van der Waals surface area contributed by atoms with Crippen molar-refractivity contribution in [1.82, 2.24) is 5.32 Å². The third-order valence-corrected chi connectivity index (χ3v) is 3.68. The van der Waals surface area contributed by atoms with Crippen LogP contribution in [0, 0.1) is 11.3 Å². The van der Waals surface area contributed by atoms with Crippen molar-refractivity contribution in [2.24, 2.45) is 11.3 Å². The van der Waals surface area contributed by atoms with Crippen LogP contribution < -0.4 is 5.32 Å². The molecule has 0 bridgehead atoms. The van der Waals surface area contributed by atoms with Gasteiger partial charge in [-0.25, -0.2) is 0 Å². The van der Waals surface area contributed by atoms with E-state index in [0.717, 1.165) is 12.5 Å². The van der Waals surface area contributed by atoms with Gasteiger partial charge in [-0.15, -0.1) is 0 Å². The highest BCUT2D eigenvalue weighted by molar-refractivity contribution is 5.07. The molecule has 0 radical (unpaired) electrons. The average Bonchev–Trinajstić information content (AvgIpc) is 2.61. The quantitative estimate of drug-likeness (QED) is 0.705. The summed E-state index contributed by atoms with van der Waals surface area (Å²) in [6, 6.07) is 0. The second-order valence-corrected chi connectivity index (χ2v) is 5.36. The van der Waals surface area contributed by atoms with Crippen molar-refractivity contribution in [3.05, 3.63) is 0 Å². The fourth-order valence-corrected chi connectivity index (χ4v) is 3.01. The molecule has 76 valence electrons. The normalized spacial score (nSPS) is 42.2. The zero-order valence-electron chi connectivity index (χ0n) is 9.02. The van der Waals surface area contributed by atoms with Crippen LogP contribution in [0.3, 0.4) is 0 Å². The third-order valence-electron chi connectivity index (χ3n) is 3.68. The molecule has 2 atom stereocenters. The molecule has 1 spiro atoms. The van der Waals surface area contributed by atoms with E-state index in [1.165, 1.54) is 25.8 Å². The minimum atomic E-state index is 0.126. The maximum Gasteiger partial charge on any atom is 0.0631 e. The largest absolute Gasteiger partial charge is 0.376 e. The van der Waals surface area contributed by atoms with Gasteiger partial charge in [-0.05, 0) is 58.0 Å². The van der Waals surface area contributed by atoms with Gasteiger partial charge in [0.2, 0.25) is 0 Å². The lowest BCUT2D eigenvalue weighted by molar-refractivity contribution is -0.0820. The molecular weight excluding hydrogens is 162 g/mol. The van der Waals surface area contributed by atoms with Gasteiger partial charge in [0.1, 0.15) is 0 Å². The van der Waals surface area contributed by atoms with E-state index in [2.05, 4.69) is 26.2 Å². The van der Waals surface area contributed by atoms with Crippen LogP contribution in [-0.2, 0) is 4.74 Å². The van der Waals surface area contributed by atoms with Crippen LogP contribution in [0.15, 0.2) is 0 Å². The summed E-state index contributed by atoms with van der Waals surface area (Å²) in [5.41, 5.74) is 0.769. The van der Waals surface area contributed by atoms with Crippen LogP contribution in [-0.4, -0.2) is 25.8 Å². The van der Waals surface area contributed by atoms with Gasteiger partial charge in [0.15, 0.2) is 0 Å². The first-order valence-corrected chi connectivity index (χ1v) is 5.37. The number of ether oxygens (including phenoxy) is 1. The van der Waals surface area contributed by atoms with Crippen molar-refractivity contribution in [1.29, 1.82) is 0 Å². The van der Waals surface area contributed by atoms with E-state index in [9.17, 15) is 0 Å². The predicted molar refractivity (Wildman–Crippen MR) is 53.7 cm³/mol. The fourth-order valence-electron chi connectivity index (χ4n) is 3.01. The lowest BCUT2D eigenvalue weighted by atomic mass is 9.84. The molecule has 1 saturated heterocycles. The topological polar surface area (TPSA) is 21.3 Å². The molecule has 2 fully saturated rings. The van der Waals surface area contributed by atoms with E-state index in [0.29, 0.717) is 5.41 Å². The summed E-state index contributed by atoms with van der Waals surface area (Å²) < 4.78 is 5.75. The van der Waals surface area contributed by atoms with Crippen LogP contribution >= 0.6 is 0 Å². The Balaban J connectivity index is 1.95. The van der Waals surface area contributed by atoms with Crippen LogP contribution in [0.4, 0.5) is 0 Å². The fraction of sp³-hybridized carbons (Fsp3) is 1.00. The number of nitrogens with one attached hydrogen (secondary N) is 1. The summed E-state index contributed by atoms with van der Waals surface area (Å²) in [4.78, 5) is 0. The smallest absolute Gasteiger partial charge is 0.0631 e. The highest BCUT2D eigenvalue weighted by atomic mass is 16.5. The number of hydrogen-bond acceptors (Lipinski definition) is 2. The van der Waals surface area contributed by atoms with Gasteiger partial charge in [-0.3, -0.25) is 0 Å². The first-order chi connectivity index (χ1) is 6.08. The Morgan fingerprint density at radius 1 is 1.46 bits per heavy atom. The Kier molecular flexibility index (Phi) is 2.16. The Hall–Kier alpha value is -0.0800. The Morgan fingerprint density at radius 2 is 2.23 bits per heavy atom. The molecule has 1 aliphatic carbocycles. The van der Waals surface area contributed by atoms with E-state index in [-0.39, 0.29) is 5.60 Å². The maximum atomic E-state index is 5.75. The van der Waals surface area contributed by atoms with Gasteiger partial charge in [0.25, 0.3) is 0 Å². The van der Waals surface area contributed by atoms with Crippen molar-refractivity contribution in [3.8, 4) is 0 Å². The molecule has 2 unspecified atom stereocenters. The minimum Gasteiger partial charge on any atom is -0.376 e. The first-order valence-electron chi connectivity index (χ1n) is 5.37. The standard InChI is InChI=1S/C11H21NO/c1-10(2)8-11(4-5-13-10)6-9(11)7-12-3/h9,12H,4-8H2,1-3H3. The molecule has 1 saturated carbocycles. The second-order valence-electron chi connectivity index (χ2n) is 5.36. The third kappa shape index (κ3) is 1.75. The highest BCUT2D eigenvalue weighted by Crippen LogP contribution is 2.61. The van der Waals surface area contributed by atoms with Gasteiger partial charge in [-0.2, -0.15) is 0 Å². The molecule has 0 aromatic carbocycles. The van der Waals surface area contributed by atoms with Gasteiger partial charge in [0.05, 0.1) is 5.60 Å². The van der Waals surface area contributed by atoms with E-state index in [4.69, 9.17) is 4.74 Å². The number of rotatable bonds is 2. The summed E-state index contributed by atoms with van der Waals surface area (Å²) in [7, 11) is 2.05. The molecule has 1 aliphatic heterocycles. The molecular formula is C11H21NO. The zero-order valence-corrected chi connectivity index (χ0v) is 9.02. The number of hydrogen-bond donors (Lipinski definition) is 1. The van der Waals surface area contributed by atoms with Gasteiger partial charge >= 0.3 is 0 Å². The van der Waals surface area contributed by atoms with E-state index >= 15 is 0 Å². The molecule has 0 amide bonds. The van der Waals surface area contributed by atoms with Crippen LogP contribution in [0.25, 0.3) is 0 Å². The van der Waals surface area contributed by atoms with E-state index in [1.807, 2.05) is 0 Å². The van der Waals surface area contributed by atoms with Crippen molar-refractivity contribution in [2.75, 3.05) is 20.2 Å². The Morgan fingerprint density at radius 3 is 2.85 bits per heavy atom. The molecule has 1 heterocycles. The van der Waals surface area contributed by atoms with Crippen molar-refractivity contribution in [3.63, 3.8) is 0 Å². The summed E-state index contributed by atoms with van der Waals surface area (Å²) in [5, 5.41) is 3.29. The Labute approximate surface area is 81.0 Å². The molecule has 2 aliphatic rings. The average molecular weight is 183 g/mol. The summed E-state index contributed by atoms with van der Waals surface area (Å²) in [6.07, 6.45) is 3.95. The van der Waals surface area contributed by atoms with Crippen molar-refractivity contribution in [2.45, 2.75) is 38.7 Å². The van der Waals surface area contributed by atoms with Crippen LogP contribution in [0.5, 0.6) is 0 Å². The molecule has 13 heavy (non-hydrogen) atoms. The lowest BCUT2D eigenvalue weighted by Crippen LogP contribution is -2.36. The molecule has 2 nitrogen and oxygen atoms in total. The molecule has 1 N–H and O–H groups in total. The van der Waals surface area contributed by atoms with Gasteiger partial charge in [0, 0.05) is 6.61 Å². The summed E-state index contributed by atoms with van der Waals surface area (Å²) in [6.45, 7) is 6.61. The molecule has 2 heteroatoms. The van der Waals surface area contributed by atoms with Crippen LogP contribution in [0.1, 0.15) is 33.1 Å². The molecule has 0 aromatic heterocycles. The monoisotopic (exact) mass is 183 g/mol. The van der Waals surface area contributed by atoms with E-state index in [1.54, 1.807) is 0 Å². The van der Waals surface area contributed by atoms with Crippen molar-refractivity contribution >= 4 is 0 Å². The molecule has 0 aromatic rings. The maximum absolute atomic E-state index is 5.75. The summed E-state index contributed by atoms with van der Waals surface area (Å²) in [5.74, 6) is 0.917. The zero-order chi connectivity index (χ0) is 9.53. The Bertz CT molecular complexity index is 202. The second kappa shape index (κ2) is 2.96.